The van der Waals surface area contributed by atoms with E-state index in [0.29, 0.717) is 30.2 Å². The lowest BCUT2D eigenvalue weighted by atomic mass is 9.98. The molecule has 2 aliphatic rings. The molecule has 0 amide bonds. The molecule has 34 heavy (non-hydrogen) atoms. The zero-order chi connectivity index (χ0) is 23.8. The molecule has 0 fully saturated rings. The average molecular weight is 456 g/mol. The molecule has 5 rings (SSSR count). The Bertz CT molecular complexity index is 1310. The van der Waals surface area contributed by atoms with Gasteiger partial charge in [0.05, 0.1) is 23.8 Å². The monoisotopic (exact) mass is 455 g/mol. The maximum absolute atomic E-state index is 13.2. The summed E-state index contributed by atoms with van der Waals surface area (Å²) in [6, 6.07) is 17.2. The Morgan fingerprint density at radius 1 is 1.09 bits per heavy atom. The molecule has 6 heteroatoms. The van der Waals surface area contributed by atoms with Crippen molar-refractivity contribution in [3.05, 3.63) is 99.3 Å². The van der Waals surface area contributed by atoms with Crippen LogP contribution in [0.15, 0.2) is 60.4 Å². The van der Waals surface area contributed by atoms with Crippen LogP contribution in [0.25, 0.3) is 6.08 Å². The van der Waals surface area contributed by atoms with E-state index in [2.05, 4.69) is 36.1 Å². The fourth-order valence-electron chi connectivity index (χ4n) is 4.31. The number of ether oxygens (including phenoxy) is 3. The summed E-state index contributed by atoms with van der Waals surface area (Å²) in [7, 11) is 1.34. The number of Topliss-reactive ketones (excluding diaryl/α,β-unsaturated/α-hetero) is 1. The first kappa shape index (κ1) is 21.9. The van der Waals surface area contributed by atoms with Gasteiger partial charge in [-0.2, -0.15) is 0 Å². The van der Waals surface area contributed by atoms with Gasteiger partial charge in [-0.15, -0.1) is 0 Å². The van der Waals surface area contributed by atoms with Crippen LogP contribution in [0.3, 0.4) is 0 Å². The average Bonchev–Trinajstić information content (AvgIpc) is 3.17. The molecule has 3 aromatic carbocycles. The standard InChI is InChI=1S/C28H25NO5/c1-17-4-6-20(7-5-17)14-29-15-22-23(33-16-29)12-18(2)25-26(30)24(34-27(22)25)13-19-8-10-21(11-9-19)28(31)32-3/h4-13H,14-16H2,1-3H3/b24-13-. The Kier molecular flexibility index (Phi) is 5.67. The number of benzene rings is 3. The number of carbonyl (C=O) groups is 2. The van der Waals surface area contributed by atoms with Crippen LogP contribution < -0.4 is 9.47 Å². The predicted octanol–water partition coefficient (Wildman–Crippen LogP) is 5.06. The maximum atomic E-state index is 13.2. The number of esters is 1. The molecule has 3 aromatic rings. The molecule has 172 valence electrons. The SMILES string of the molecule is COC(=O)c1ccc(/C=C2\Oc3c4c(cc(C)c3C2=O)OCN(Cc2ccc(C)cc2)C4)cc1. The third-order valence-corrected chi connectivity index (χ3v) is 6.14. The molecule has 2 heterocycles. The van der Waals surface area contributed by atoms with Gasteiger partial charge in [-0.25, -0.2) is 4.79 Å². The van der Waals surface area contributed by atoms with E-state index in [1.54, 1.807) is 30.3 Å². The molecule has 0 radical (unpaired) electrons. The molecule has 2 aliphatic heterocycles. The summed E-state index contributed by atoms with van der Waals surface area (Å²) in [6.45, 7) is 5.81. The molecule has 0 saturated carbocycles. The van der Waals surface area contributed by atoms with E-state index >= 15 is 0 Å². The van der Waals surface area contributed by atoms with Crippen LogP contribution in [0.2, 0.25) is 0 Å². The quantitative estimate of drug-likeness (QED) is 0.405. The molecule has 0 spiro atoms. The highest BCUT2D eigenvalue weighted by Crippen LogP contribution is 2.44. The first-order valence-electron chi connectivity index (χ1n) is 11.1. The van der Waals surface area contributed by atoms with Gasteiger partial charge in [-0.3, -0.25) is 9.69 Å². The summed E-state index contributed by atoms with van der Waals surface area (Å²) in [5.74, 6) is 1.03. The van der Waals surface area contributed by atoms with Gasteiger partial charge in [0, 0.05) is 13.1 Å². The Labute approximate surface area is 198 Å². The van der Waals surface area contributed by atoms with Crippen molar-refractivity contribution in [2.24, 2.45) is 0 Å². The maximum Gasteiger partial charge on any atom is 0.337 e. The van der Waals surface area contributed by atoms with Crippen molar-refractivity contribution in [3.8, 4) is 11.5 Å². The number of allylic oxidation sites excluding steroid dienone is 1. The lowest BCUT2D eigenvalue weighted by Crippen LogP contribution is -2.31. The topological polar surface area (TPSA) is 65.1 Å². The lowest BCUT2D eigenvalue weighted by Gasteiger charge is -2.30. The molecule has 0 aliphatic carbocycles. The molecular formula is C28H25NO5. The van der Waals surface area contributed by atoms with Crippen LogP contribution in [-0.2, 0) is 17.8 Å². The molecule has 0 unspecified atom stereocenters. The van der Waals surface area contributed by atoms with Crippen molar-refractivity contribution >= 4 is 17.8 Å². The van der Waals surface area contributed by atoms with E-state index in [9.17, 15) is 9.59 Å². The minimum atomic E-state index is -0.405. The van der Waals surface area contributed by atoms with Crippen LogP contribution in [-0.4, -0.2) is 30.5 Å². The second-order valence-electron chi connectivity index (χ2n) is 8.67. The van der Waals surface area contributed by atoms with Crippen LogP contribution in [0, 0.1) is 13.8 Å². The molecular weight excluding hydrogens is 430 g/mol. The number of carbonyl (C=O) groups excluding carboxylic acids is 2. The first-order valence-corrected chi connectivity index (χ1v) is 11.1. The number of hydrogen-bond acceptors (Lipinski definition) is 6. The first-order chi connectivity index (χ1) is 16.4. The van der Waals surface area contributed by atoms with E-state index in [1.807, 2.05) is 13.0 Å². The summed E-state index contributed by atoms with van der Waals surface area (Å²) in [5, 5.41) is 0. The Morgan fingerprint density at radius 3 is 2.53 bits per heavy atom. The highest BCUT2D eigenvalue weighted by Gasteiger charge is 2.35. The molecule has 0 N–H and O–H groups in total. The highest BCUT2D eigenvalue weighted by molar-refractivity contribution is 6.16. The Hall–Kier alpha value is -3.90. The fourth-order valence-corrected chi connectivity index (χ4v) is 4.31. The van der Waals surface area contributed by atoms with Crippen molar-refractivity contribution in [2.75, 3.05) is 13.8 Å². The van der Waals surface area contributed by atoms with Crippen molar-refractivity contribution < 1.29 is 23.8 Å². The van der Waals surface area contributed by atoms with Gasteiger partial charge >= 0.3 is 5.97 Å². The van der Waals surface area contributed by atoms with Gasteiger partial charge in [-0.05, 0) is 54.8 Å². The zero-order valence-corrected chi connectivity index (χ0v) is 19.4. The summed E-state index contributed by atoms with van der Waals surface area (Å²) < 4.78 is 16.9. The second-order valence-corrected chi connectivity index (χ2v) is 8.67. The van der Waals surface area contributed by atoms with E-state index in [4.69, 9.17) is 14.2 Å². The van der Waals surface area contributed by atoms with Crippen molar-refractivity contribution in [2.45, 2.75) is 26.9 Å². The van der Waals surface area contributed by atoms with Gasteiger partial charge in [0.25, 0.3) is 0 Å². The van der Waals surface area contributed by atoms with Gasteiger partial charge in [0.1, 0.15) is 18.2 Å². The lowest BCUT2D eigenvalue weighted by molar-refractivity contribution is 0.0600. The van der Waals surface area contributed by atoms with E-state index in [-0.39, 0.29) is 11.5 Å². The molecule has 0 aromatic heterocycles. The van der Waals surface area contributed by atoms with Crippen LogP contribution in [0.4, 0.5) is 0 Å². The molecule has 6 nitrogen and oxygen atoms in total. The third kappa shape index (κ3) is 4.08. The predicted molar refractivity (Wildman–Crippen MR) is 128 cm³/mol. The fraction of sp³-hybridized carbons (Fsp3) is 0.214. The zero-order valence-electron chi connectivity index (χ0n) is 19.4. The summed E-state index contributed by atoms with van der Waals surface area (Å²) in [5.41, 5.74) is 5.93. The summed E-state index contributed by atoms with van der Waals surface area (Å²) in [6.07, 6.45) is 1.70. The minimum absolute atomic E-state index is 0.150. The van der Waals surface area contributed by atoms with Crippen molar-refractivity contribution in [1.82, 2.24) is 4.90 Å². The summed E-state index contributed by atoms with van der Waals surface area (Å²) in [4.78, 5) is 27.1. The van der Waals surface area contributed by atoms with Crippen molar-refractivity contribution in [1.29, 1.82) is 0 Å². The van der Waals surface area contributed by atoms with E-state index in [1.165, 1.54) is 18.2 Å². The van der Waals surface area contributed by atoms with E-state index in [0.717, 1.165) is 29.0 Å². The van der Waals surface area contributed by atoms with Crippen LogP contribution in [0.1, 0.15) is 48.5 Å². The Balaban J connectivity index is 1.41. The van der Waals surface area contributed by atoms with Crippen LogP contribution in [0.5, 0.6) is 11.5 Å². The number of methoxy groups -OCH3 is 1. The third-order valence-electron chi connectivity index (χ3n) is 6.14. The molecule has 0 saturated heterocycles. The van der Waals surface area contributed by atoms with Gasteiger partial charge in [0.2, 0.25) is 5.78 Å². The number of nitrogens with zero attached hydrogens (tertiary/aromatic N) is 1. The molecule has 0 bridgehead atoms. The minimum Gasteiger partial charge on any atom is -0.478 e. The Morgan fingerprint density at radius 2 is 1.82 bits per heavy atom. The van der Waals surface area contributed by atoms with Gasteiger partial charge in [0.15, 0.2) is 5.76 Å². The largest absolute Gasteiger partial charge is 0.478 e. The smallest absolute Gasteiger partial charge is 0.337 e. The molecule has 0 atom stereocenters. The van der Waals surface area contributed by atoms with Gasteiger partial charge < -0.3 is 14.2 Å². The van der Waals surface area contributed by atoms with Crippen LogP contribution >= 0.6 is 0 Å². The van der Waals surface area contributed by atoms with Gasteiger partial charge in [-0.1, -0.05) is 42.0 Å². The number of ketones is 1. The number of rotatable bonds is 4. The second kappa shape index (κ2) is 8.80. The number of hydrogen-bond donors (Lipinski definition) is 0. The summed E-state index contributed by atoms with van der Waals surface area (Å²) >= 11 is 0. The number of fused-ring (bicyclic) bond motifs is 3. The highest BCUT2D eigenvalue weighted by atomic mass is 16.5. The normalized spacial score (nSPS) is 16.0. The van der Waals surface area contributed by atoms with E-state index < -0.39 is 5.97 Å². The van der Waals surface area contributed by atoms with Crippen molar-refractivity contribution in [3.63, 3.8) is 0 Å². The number of aryl methyl sites for hydroxylation is 2.